The minimum atomic E-state index is -0.0418. The number of halogens is 1. The average molecular weight is 478 g/mol. The van der Waals surface area contributed by atoms with Crippen LogP contribution in [0.15, 0.2) is 77.3 Å². The molecule has 0 saturated heterocycles. The van der Waals surface area contributed by atoms with Crippen LogP contribution in [0.25, 0.3) is 0 Å². The molecule has 0 bridgehead atoms. The molecule has 4 nitrogen and oxygen atoms in total. The molecule has 3 aromatic rings. The number of anilines is 1. The molecular formula is C26H28BrN3O. The van der Waals surface area contributed by atoms with Crippen LogP contribution in [0.3, 0.4) is 0 Å². The zero-order valence-electron chi connectivity index (χ0n) is 18.0. The lowest BCUT2D eigenvalue weighted by Crippen LogP contribution is -2.40. The summed E-state index contributed by atoms with van der Waals surface area (Å²) in [4.78, 5) is 17.3. The van der Waals surface area contributed by atoms with Gasteiger partial charge >= 0.3 is 0 Å². The van der Waals surface area contributed by atoms with E-state index in [9.17, 15) is 4.79 Å². The first-order chi connectivity index (χ1) is 15.0. The zero-order chi connectivity index (χ0) is 21.8. The SMILES string of the molecule is CN(C)c1ccc([C@@H](CNC(=O)c2ccc(Br)cc2)N2CCc3ccccc3C2)cc1. The Labute approximate surface area is 193 Å². The fourth-order valence-corrected chi connectivity index (χ4v) is 4.39. The Bertz CT molecular complexity index is 1030. The van der Waals surface area contributed by atoms with Gasteiger partial charge in [-0.25, -0.2) is 0 Å². The van der Waals surface area contributed by atoms with Crippen LogP contribution in [0.4, 0.5) is 5.69 Å². The molecule has 1 atom stereocenters. The Morgan fingerprint density at radius 1 is 1.00 bits per heavy atom. The first-order valence-corrected chi connectivity index (χ1v) is 11.4. The second-order valence-electron chi connectivity index (χ2n) is 8.21. The van der Waals surface area contributed by atoms with Gasteiger partial charge in [0.05, 0.1) is 6.04 Å². The fourth-order valence-electron chi connectivity index (χ4n) is 4.13. The van der Waals surface area contributed by atoms with Crippen LogP contribution in [0, 0.1) is 0 Å². The maximum absolute atomic E-state index is 12.8. The van der Waals surface area contributed by atoms with Crippen molar-refractivity contribution in [2.45, 2.75) is 19.0 Å². The Kier molecular flexibility index (Phi) is 6.73. The van der Waals surface area contributed by atoms with E-state index in [1.54, 1.807) is 0 Å². The van der Waals surface area contributed by atoms with Gasteiger partial charge in [0.2, 0.25) is 0 Å². The molecule has 0 aliphatic carbocycles. The Hall–Kier alpha value is -2.63. The number of carbonyl (C=O) groups is 1. The Morgan fingerprint density at radius 3 is 2.35 bits per heavy atom. The van der Waals surface area contributed by atoms with E-state index in [0.717, 1.165) is 24.0 Å². The largest absolute Gasteiger partial charge is 0.378 e. The molecule has 3 aromatic carbocycles. The smallest absolute Gasteiger partial charge is 0.251 e. The molecule has 0 fully saturated rings. The molecule has 1 aliphatic rings. The minimum Gasteiger partial charge on any atom is -0.378 e. The lowest BCUT2D eigenvalue weighted by atomic mass is 9.96. The van der Waals surface area contributed by atoms with Gasteiger partial charge in [0.1, 0.15) is 0 Å². The number of amides is 1. The minimum absolute atomic E-state index is 0.0418. The first-order valence-electron chi connectivity index (χ1n) is 10.6. The van der Waals surface area contributed by atoms with Gasteiger partial charge in [0.25, 0.3) is 5.91 Å². The van der Waals surface area contributed by atoms with E-state index in [4.69, 9.17) is 0 Å². The molecule has 0 spiro atoms. The van der Waals surface area contributed by atoms with E-state index in [0.29, 0.717) is 12.1 Å². The van der Waals surface area contributed by atoms with Gasteiger partial charge in [-0.3, -0.25) is 9.69 Å². The molecule has 31 heavy (non-hydrogen) atoms. The van der Waals surface area contributed by atoms with Crippen molar-refractivity contribution in [2.24, 2.45) is 0 Å². The van der Waals surface area contributed by atoms with Crippen LogP contribution >= 0.6 is 15.9 Å². The third kappa shape index (κ3) is 5.17. The molecule has 1 aliphatic heterocycles. The van der Waals surface area contributed by atoms with Crippen LogP contribution in [-0.4, -0.2) is 38.0 Å². The highest BCUT2D eigenvalue weighted by Gasteiger charge is 2.25. The number of fused-ring (bicyclic) bond motifs is 1. The van der Waals surface area contributed by atoms with E-state index >= 15 is 0 Å². The van der Waals surface area contributed by atoms with Crippen molar-refractivity contribution < 1.29 is 4.79 Å². The average Bonchev–Trinajstić information content (AvgIpc) is 2.79. The summed E-state index contributed by atoms with van der Waals surface area (Å²) in [5, 5.41) is 3.17. The summed E-state index contributed by atoms with van der Waals surface area (Å²) in [5.41, 5.74) is 5.88. The molecular weight excluding hydrogens is 450 g/mol. The maximum Gasteiger partial charge on any atom is 0.251 e. The number of benzene rings is 3. The Morgan fingerprint density at radius 2 is 1.68 bits per heavy atom. The van der Waals surface area contributed by atoms with E-state index in [-0.39, 0.29) is 11.9 Å². The second kappa shape index (κ2) is 9.67. The lowest BCUT2D eigenvalue weighted by molar-refractivity contribution is 0.0927. The summed E-state index contributed by atoms with van der Waals surface area (Å²) < 4.78 is 0.967. The quantitative estimate of drug-likeness (QED) is 0.539. The second-order valence-corrected chi connectivity index (χ2v) is 9.12. The first kappa shape index (κ1) is 21.6. The van der Waals surface area contributed by atoms with Gasteiger partial charge in [-0.15, -0.1) is 0 Å². The molecule has 1 amide bonds. The molecule has 4 rings (SSSR count). The highest BCUT2D eigenvalue weighted by atomic mass is 79.9. The monoisotopic (exact) mass is 477 g/mol. The Balaban J connectivity index is 1.55. The van der Waals surface area contributed by atoms with Crippen LogP contribution in [-0.2, 0) is 13.0 Å². The predicted molar refractivity (Wildman–Crippen MR) is 131 cm³/mol. The predicted octanol–water partition coefficient (Wildman–Crippen LogP) is 5.04. The highest BCUT2D eigenvalue weighted by Crippen LogP contribution is 2.29. The number of rotatable bonds is 6. The van der Waals surface area contributed by atoms with Crippen molar-refractivity contribution in [1.29, 1.82) is 0 Å². The van der Waals surface area contributed by atoms with Crippen molar-refractivity contribution in [2.75, 3.05) is 32.1 Å². The van der Waals surface area contributed by atoms with E-state index in [1.165, 1.54) is 22.4 Å². The number of carbonyl (C=O) groups excluding carboxylic acids is 1. The van der Waals surface area contributed by atoms with Crippen molar-refractivity contribution >= 4 is 27.5 Å². The van der Waals surface area contributed by atoms with E-state index < -0.39 is 0 Å². The van der Waals surface area contributed by atoms with Crippen molar-refractivity contribution in [3.8, 4) is 0 Å². The van der Waals surface area contributed by atoms with Crippen molar-refractivity contribution in [3.63, 3.8) is 0 Å². The molecule has 1 N–H and O–H groups in total. The van der Waals surface area contributed by atoms with Crippen LogP contribution in [0.1, 0.15) is 33.1 Å². The van der Waals surface area contributed by atoms with E-state index in [2.05, 4.69) is 79.6 Å². The van der Waals surface area contributed by atoms with Crippen LogP contribution in [0.5, 0.6) is 0 Å². The van der Waals surface area contributed by atoms with Gasteiger partial charge < -0.3 is 10.2 Å². The normalized spacial score (nSPS) is 14.5. The number of hydrogen-bond acceptors (Lipinski definition) is 3. The lowest BCUT2D eigenvalue weighted by Gasteiger charge is -2.36. The molecule has 0 radical (unpaired) electrons. The van der Waals surface area contributed by atoms with Crippen molar-refractivity contribution in [3.05, 3.63) is 99.5 Å². The summed E-state index contributed by atoms with van der Waals surface area (Å²) in [5.74, 6) is -0.0418. The zero-order valence-corrected chi connectivity index (χ0v) is 19.6. The van der Waals surface area contributed by atoms with Gasteiger partial charge in [-0.05, 0) is 59.5 Å². The summed E-state index contributed by atoms with van der Waals surface area (Å²) in [6, 6.07) is 24.9. The van der Waals surface area contributed by atoms with Gasteiger partial charge in [-0.1, -0.05) is 52.3 Å². The summed E-state index contributed by atoms with van der Waals surface area (Å²) >= 11 is 3.43. The van der Waals surface area contributed by atoms with Gasteiger partial charge in [0.15, 0.2) is 0 Å². The summed E-state index contributed by atoms with van der Waals surface area (Å²) in [7, 11) is 4.10. The summed E-state index contributed by atoms with van der Waals surface area (Å²) in [6.45, 7) is 2.44. The fraction of sp³-hybridized carbons (Fsp3) is 0.269. The third-order valence-electron chi connectivity index (χ3n) is 5.96. The molecule has 0 unspecified atom stereocenters. The molecule has 160 valence electrons. The van der Waals surface area contributed by atoms with Gasteiger partial charge in [-0.2, -0.15) is 0 Å². The topological polar surface area (TPSA) is 35.6 Å². The summed E-state index contributed by atoms with van der Waals surface area (Å²) in [6.07, 6.45) is 1.03. The highest BCUT2D eigenvalue weighted by molar-refractivity contribution is 9.10. The number of nitrogens with zero attached hydrogens (tertiary/aromatic N) is 2. The maximum atomic E-state index is 12.8. The van der Waals surface area contributed by atoms with Gasteiger partial charge in [0, 0.05) is 49.5 Å². The van der Waals surface area contributed by atoms with Crippen molar-refractivity contribution in [1.82, 2.24) is 10.2 Å². The molecule has 0 saturated carbocycles. The standard InChI is InChI=1S/C26H28BrN3O/c1-29(2)24-13-9-20(10-14-24)25(17-28-26(31)21-7-11-23(27)12-8-21)30-16-15-19-5-3-4-6-22(19)18-30/h3-14,25H,15-18H2,1-2H3,(H,28,31)/t25-/m1/s1. The van der Waals surface area contributed by atoms with E-state index in [1.807, 2.05) is 38.4 Å². The third-order valence-corrected chi connectivity index (χ3v) is 6.49. The number of hydrogen-bond donors (Lipinski definition) is 1. The molecule has 5 heteroatoms. The molecule has 1 heterocycles. The van der Waals surface area contributed by atoms with Crippen LogP contribution in [0.2, 0.25) is 0 Å². The van der Waals surface area contributed by atoms with Crippen LogP contribution < -0.4 is 10.2 Å². The molecule has 0 aromatic heterocycles. The number of nitrogens with one attached hydrogen (secondary N) is 1.